The number of aryl methyl sites for hydroxylation is 2. The molecule has 0 aliphatic heterocycles. The summed E-state index contributed by atoms with van der Waals surface area (Å²) in [5.41, 5.74) is 3.87. The molecule has 1 aromatic rings. The number of alkyl halides is 1. The van der Waals surface area contributed by atoms with Gasteiger partial charge in [0.25, 0.3) is 0 Å². The predicted molar refractivity (Wildman–Crippen MR) is 85.2 cm³/mol. The lowest BCUT2D eigenvalue weighted by Crippen LogP contribution is -2.24. The molecule has 0 aromatic heterocycles. The molecular weight excluding hydrogens is 300 g/mol. The van der Waals surface area contributed by atoms with Crippen molar-refractivity contribution in [3.05, 3.63) is 28.8 Å². The van der Waals surface area contributed by atoms with Gasteiger partial charge in [-0.3, -0.25) is 0 Å². The second-order valence-corrected chi connectivity index (χ2v) is 6.42. The zero-order valence-corrected chi connectivity index (χ0v) is 13.9. The quantitative estimate of drug-likeness (QED) is 0.660. The van der Waals surface area contributed by atoms with E-state index in [1.807, 2.05) is 0 Å². The van der Waals surface area contributed by atoms with Crippen molar-refractivity contribution in [2.24, 2.45) is 5.92 Å². The fraction of sp³-hybridized carbons (Fsp3) is 0.647. The first-order valence-corrected chi connectivity index (χ1v) is 8.59. The average Bonchev–Trinajstić information content (AvgIpc) is 2.43. The fourth-order valence-corrected chi connectivity index (χ4v) is 3.45. The molecule has 1 aliphatic rings. The van der Waals surface area contributed by atoms with Gasteiger partial charge in [-0.2, -0.15) is 0 Å². The predicted octanol–water partition coefficient (Wildman–Crippen LogP) is 5.55. The summed E-state index contributed by atoms with van der Waals surface area (Å²) in [5.74, 6) is 2.04. The number of hydrogen-bond donors (Lipinski definition) is 0. The normalized spacial score (nSPS) is 23.4. The minimum absolute atomic E-state index is 0.426. The van der Waals surface area contributed by atoms with E-state index in [1.165, 1.54) is 48.8 Å². The van der Waals surface area contributed by atoms with E-state index < -0.39 is 0 Å². The summed E-state index contributed by atoms with van der Waals surface area (Å²) in [7, 11) is 0. The van der Waals surface area contributed by atoms with Crippen LogP contribution in [0.1, 0.15) is 55.7 Å². The van der Waals surface area contributed by atoms with Gasteiger partial charge < -0.3 is 4.74 Å². The number of hydrogen-bond acceptors (Lipinski definition) is 1. The van der Waals surface area contributed by atoms with Crippen LogP contribution in [0.3, 0.4) is 0 Å². The Morgan fingerprint density at radius 3 is 2.16 bits per heavy atom. The fourth-order valence-electron chi connectivity index (χ4n) is 3.13. The third-order valence-corrected chi connectivity index (χ3v) is 4.98. The molecule has 19 heavy (non-hydrogen) atoms. The number of ether oxygens (including phenoxy) is 1. The Hall–Kier alpha value is -0.500. The molecule has 0 atom stereocenters. The zero-order valence-electron chi connectivity index (χ0n) is 12.3. The number of benzene rings is 1. The molecule has 1 saturated carbocycles. The van der Waals surface area contributed by atoms with Crippen LogP contribution in [0.2, 0.25) is 0 Å². The Kier molecular flexibility index (Phi) is 5.32. The molecule has 1 aliphatic carbocycles. The minimum atomic E-state index is 0.426. The third-order valence-electron chi connectivity index (χ3n) is 4.33. The van der Waals surface area contributed by atoms with Crippen molar-refractivity contribution in [2.75, 3.05) is 0 Å². The monoisotopic (exact) mass is 324 g/mol. The molecule has 2 rings (SSSR count). The van der Waals surface area contributed by atoms with Crippen molar-refractivity contribution in [3.8, 4) is 5.75 Å². The van der Waals surface area contributed by atoms with Gasteiger partial charge in [0.2, 0.25) is 0 Å². The van der Waals surface area contributed by atoms with Crippen molar-refractivity contribution in [2.45, 2.75) is 64.3 Å². The lowest BCUT2D eigenvalue weighted by molar-refractivity contribution is 0.128. The van der Waals surface area contributed by atoms with E-state index in [0.29, 0.717) is 6.10 Å². The Morgan fingerprint density at radius 2 is 1.68 bits per heavy atom. The van der Waals surface area contributed by atoms with E-state index in [0.717, 1.165) is 17.0 Å². The summed E-state index contributed by atoms with van der Waals surface area (Å²) in [4.78, 5) is 0. The van der Waals surface area contributed by atoms with Crippen LogP contribution in [-0.2, 0) is 5.33 Å². The van der Waals surface area contributed by atoms with Gasteiger partial charge >= 0.3 is 0 Å². The maximum absolute atomic E-state index is 6.29. The molecule has 1 aromatic carbocycles. The van der Waals surface area contributed by atoms with Gasteiger partial charge in [-0.25, -0.2) is 0 Å². The molecular formula is C17H25BrO. The molecule has 1 fully saturated rings. The van der Waals surface area contributed by atoms with Gasteiger partial charge in [-0.15, -0.1) is 0 Å². The molecule has 0 saturated heterocycles. The summed E-state index contributed by atoms with van der Waals surface area (Å²) in [6, 6.07) is 4.46. The van der Waals surface area contributed by atoms with Crippen LogP contribution in [0, 0.1) is 19.8 Å². The highest BCUT2D eigenvalue weighted by Gasteiger charge is 2.22. The number of halogens is 1. The van der Waals surface area contributed by atoms with Gasteiger partial charge in [-0.05, 0) is 62.1 Å². The molecule has 0 unspecified atom stereocenters. The van der Waals surface area contributed by atoms with Crippen LogP contribution in [0.25, 0.3) is 0 Å². The highest BCUT2D eigenvalue weighted by molar-refractivity contribution is 9.08. The molecule has 0 radical (unpaired) electrons. The lowest BCUT2D eigenvalue weighted by atomic mass is 9.86. The molecule has 0 spiro atoms. The van der Waals surface area contributed by atoms with Crippen molar-refractivity contribution in [1.82, 2.24) is 0 Å². The van der Waals surface area contributed by atoms with Crippen LogP contribution in [0.4, 0.5) is 0 Å². The van der Waals surface area contributed by atoms with Crippen LogP contribution in [-0.4, -0.2) is 6.10 Å². The highest BCUT2D eigenvalue weighted by Crippen LogP contribution is 2.32. The van der Waals surface area contributed by atoms with Crippen LogP contribution in [0.15, 0.2) is 12.1 Å². The van der Waals surface area contributed by atoms with E-state index in [4.69, 9.17) is 4.74 Å². The molecule has 106 valence electrons. The van der Waals surface area contributed by atoms with Gasteiger partial charge in [-0.1, -0.05) is 41.4 Å². The van der Waals surface area contributed by atoms with Crippen molar-refractivity contribution in [3.63, 3.8) is 0 Å². The second kappa shape index (κ2) is 6.78. The van der Waals surface area contributed by atoms with E-state index in [-0.39, 0.29) is 0 Å². The summed E-state index contributed by atoms with van der Waals surface area (Å²) in [5, 5.41) is 0.913. The van der Waals surface area contributed by atoms with E-state index in [1.54, 1.807) is 0 Å². The molecule has 2 heteroatoms. The maximum atomic E-state index is 6.29. The topological polar surface area (TPSA) is 9.23 Å². The molecule has 0 heterocycles. The van der Waals surface area contributed by atoms with Crippen LogP contribution in [0.5, 0.6) is 5.75 Å². The Morgan fingerprint density at radius 1 is 1.11 bits per heavy atom. The standard InChI is InChI=1S/C17H25BrO/c1-4-14-5-7-16(8-6-14)19-17-12(2)9-15(11-18)10-13(17)3/h9-10,14,16H,4-8,11H2,1-3H3. The van der Waals surface area contributed by atoms with Gasteiger partial charge in [0.15, 0.2) is 0 Å². The SMILES string of the molecule is CCC1CCC(Oc2c(C)cc(CBr)cc2C)CC1. The zero-order chi connectivity index (χ0) is 13.8. The van der Waals surface area contributed by atoms with Crippen LogP contribution >= 0.6 is 15.9 Å². The Balaban J connectivity index is 2.03. The first-order valence-electron chi connectivity index (χ1n) is 7.46. The minimum Gasteiger partial charge on any atom is -0.490 e. The largest absolute Gasteiger partial charge is 0.490 e. The summed E-state index contributed by atoms with van der Waals surface area (Å²) in [6.07, 6.45) is 6.85. The molecule has 1 nitrogen and oxygen atoms in total. The van der Waals surface area contributed by atoms with Crippen molar-refractivity contribution >= 4 is 15.9 Å². The summed E-state index contributed by atoms with van der Waals surface area (Å²) >= 11 is 3.52. The van der Waals surface area contributed by atoms with Gasteiger partial charge in [0, 0.05) is 5.33 Å². The first-order chi connectivity index (χ1) is 9.13. The van der Waals surface area contributed by atoms with E-state index >= 15 is 0 Å². The number of rotatable bonds is 4. The van der Waals surface area contributed by atoms with Crippen molar-refractivity contribution in [1.29, 1.82) is 0 Å². The van der Waals surface area contributed by atoms with Gasteiger partial charge in [0.1, 0.15) is 5.75 Å². The molecule has 0 N–H and O–H groups in total. The van der Waals surface area contributed by atoms with Gasteiger partial charge in [0.05, 0.1) is 6.10 Å². The Labute approximate surface area is 125 Å². The lowest BCUT2D eigenvalue weighted by Gasteiger charge is -2.29. The maximum Gasteiger partial charge on any atom is 0.125 e. The van der Waals surface area contributed by atoms with Crippen LogP contribution < -0.4 is 4.74 Å². The average molecular weight is 325 g/mol. The highest BCUT2D eigenvalue weighted by atomic mass is 79.9. The second-order valence-electron chi connectivity index (χ2n) is 5.86. The smallest absolute Gasteiger partial charge is 0.125 e. The molecule has 0 amide bonds. The molecule has 0 bridgehead atoms. The summed E-state index contributed by atoms with van der Waals surface area (Å²) < 4.78 is 6.29. The van der Waals surface area contributed by atoms with E-state index in [9.17, 15) is 0 Å². The van der Waals surface area contributed by atoms with Crippen molar-refractivity contribution < 1.29 is 4.74 Å². The summed E-state index contributed by atoms with van der Waals surface area (Å²) in [6.45, 7) is 6.62. The first kappa shape index (κ1) is 14.9. The Bertz CT molecular complexity index is 396. The third kappa shape index (κ3) is 3.75. The van der Waals surface area contributed by atoms with E-state index in [2.05, 4.69) is 48.8 Å².